The van der Waals surface area contributed by atoms with Crippen LogP contribution in [0.5, 0.6) is 5.88 Å². The molecule has 0 aromatic carbocycles. The maximum atomic E-state index is 9.96. The third-order valence-electron chi connectivity index (χ3n) is 2.51. The van der Waals surface area contributed by atoms with E-state index in [-0.39, 0.29) is 5.88 Å². The molecule has 0 atom stereocenters. The van der Waals surface area contributed by atoms with Crippen molar-refractivity contribution in [2.45, 2.75) is 6.92 Å². The van der Waals surface area contributed by atoms with Crippen LogP contribution in [0.25, 0.3) is 21.7 Å². The number of halogens is 1. The lowest BCUT2D eigenvalue weighted by molar-refractivity contribution is 0.461. The third kappa shape index (κ3) is 1.77. The van der Waals surface area contributed by atoms with Gasteiger partial charge in [0.1, 0.15) is 15.9 Å². The highest BCUT2D eigenvalue weighted by molar-refractivity contribution is 9.10. The molecule has 3 aromatic rings. The largest absolute Gasteiger partial charge is 0.492 e. The van der Waals surface area contributed by atoms with E-state index < -0.39 is 0 Å². The minimum atomic E-state index is -0.000506. The van der Waals surface area contributed by atoms with Crippen molar-refractivity contribution in [2.24, 2.45) is 0 Å². The average Bonchev–Trinajstić information content (AvgIpc) is 2.68. The number of thiophene rings is 1. The van der Waals surface area contributed by atoms with E-state index >= 15 is 0 Å². The summed E-state index contributed by atoms with van der Waals surface area (Å²) in [5, 5.41) is 9.96. The highest BCUT2D eigenvalue weighted by Crippen LogP contribution is 2.38. The van der Waals surface area contributed by atoms with Crippen LogP contribution >= 0.6 is 27.3 Å². The van der Waals surface area contributed by atoms with Gasteiger partial charge >= 0.3 is 0 Å². The third-order valence-corrected chi connectivity index (χ3v) is 4.84. The van der Waals surface area contributed by atoms with Gasteiger partial charge in [-0.3, -0.25) is 4.98 Å². The molecule has 0 radical (unpaired) electrons. The molecule has 0 spiro atoms. The van der Waals surface area contributed by atoms with Gasteiger partial charge < -0.3 is 5.11 Å². The summed E-state index contributed by atoms with van der Waals surface area (Å²) in [6.45, 7) is 1.97. The van der Waals surface area contributed by atoms with Crippen LogP contribution in [0, 0.1) is 6.92 Å². The van der Waals surface area contributed by atoms with E-state index in [1.807, 2.05) is 25.1 Å². The van der Waals surface area contributed by atoms with E-state index in [1.165, 1.54) is 11.3 Å². The number of aromatic nitrogens is 3. The molecule has 3 aromatic heterocycles. The summed E-state index contributed by atoms with van der Waals surface area (Å²) in [4.78, 5) is 13.8. The summed E-state index contributed by atoms with van der Waals surface area (Å²) in [5.41, 5.74) is 1.37. The van der Waals surface area contributed by atoms with Crippen molar-refractivity contribution < 1.29 is 5.11 Å². The number of aryl methyl sites for hydroxylation is 1. The number of nitrogens with zero attached hydrogens (tertiary/aromatic N) is 3. The standard InChI is InChI=1S/C12H8BrN3OS/c1-6-8(13)9-10(18-6)12(17)16-11(15-9)7-4-2-3-5-14-7/h2-5H,1H3,(H,15,16,17). The Kier molecular flexibility index (Phi) is 2.76. The molecule has 4 nitrogen and oxygen atoms in total. The SMILES string of the molecule is Cc1sc2c(O)nc(-c3ccccn3)nc2c1Br. The monoisotopic (exact) mass is 321 g/mol. The molecule has 3 rings (SSSR count). The fourth-order valence-corrected chi connectivity index (χ4v) is 3.19. The number of rotatable bonds is 1. The van der Waals surface area contributed by atoms with Crippen molar-refractivity contribution in [3.8, 4) is 17.4 Å². The van der Waals surface area contributed by atoms with Crippen molar-refractivity contribution >= 4 is 37.5 Å². The van der Waals surface area contributed by atoms with Gasteiger partial charge in [0.25, 0.3) is 0 Å². The Hall–Kier alpha value is -1.53. The lowest BCUT2D eigenvalue weighted by Gasteiger charge is -2.00. The van der Waals surface area contributed by atoms with Gasteiger partial charge in [0, 0.05) is 11.1 Å². The van der Waals surface area contributed by atoms with E-state index in [0.29, 0.717) is 16.2 Å². The highest BCUT2D eigenvalue weighted by Gasteiger charge is 2.15. The van der Waals surface area contributed by atoms with E-state index in [0.717, 1.165) is 14.9 Å². The van der Waals surface area contributed by atoms with Crippen LogP contribution in [0.1, 0.15) is 4.88 Å². The van der Waals surface area contributed by atoms with Crippen LogP contribution in [0.2, 0.25) is 0 Å². The zero-order valence-electron chi connectivity index (χ0n) is 9.38. The first-order valence-electron chi connectivity index (χ1n) is 5.24. The quantitative estimate of drug-likeness (QED) is 0.744. The summed E-state index contributed by atoms with van der Waals surface area (Å²) in [6.07, 6.45) is 1.67. The molecule has 3 heterocycles. The first-order chi connectivity index (χ1) is 8.66. The molecule has 0 unspecified atom stereocenters. The first-order valence-corrected chi connectivity index (χ1v) is 6.85. The number of hydrogen-bond acceptors (Lipinski definition) is 5. The Morgan fingerprint density at radius 1 is 1.28 bits per heavy atom. The Labute approximate surface area is 115 Å². The van der Waals surface area contributed by atoms with Crippen LogP contribution in [0.4, 0.5) is 0 Å². The van der Waals surface area contributed by atoms with Crippen LogP contribution in [0.15, 0.2) is 28.9 Å². The zero-order chi connectivity index (χ0) is 12.7. The Morgan fingerprint density at radius 3 is 2.83 bits per heavy atom. The maximum absolute atomic E-state index is 9.96. The minimum Gasteiger partial charge on any atom is -0.492 e. The molecule has 0 aliphatic rings. The summed E-state index contributed by atoms with van der Waals surface area (Å²) in [7, 11) is 0. The molecule has 0 aliphatic heterocycles. The van der Waals surface area contributed by atoms with Gasteiger partial charge in [-0.15, -0.1) is 11.3 Å². The molecule has 0 fully saturated rings. The maximum Gasteiger partial charge on any atom is 0.233 e. The van der Waals surface area contributed by atoms with E-state index in [4.69, 9.17) is 0 Å². The Balaban J connectivity index is 2.30. The fraction of sp³-hybridized carbons (Fsp3) is 0.0833. The number of hydrogen-bond donors (Lipinski definition) is 1. The van der Waals surface area contributed by atoms with Crippen LogP contribution in [-0.2, 0) is 0 Å². The fourth-order valence-electron chi connectivity index (χ4n) is 1.66. The normalized spacial score (nSPS) is 11.0. The number of aromatic hydroxyl groups is 1. The summed E-state index contributed by atoms with van der Waals surface area (Å²) in [6, 6.07) is 5.50. The van der Waals surface area contributed by atoms with Crippen molar-refractivity contribution in [3.05, 3.63) is 33.7 Å². The zero-order valence-corrected chi connectivity index (χ0v) is 11.8. The minimum absolute atomic E-state index is 0.000506. The Bertz CT molecular complexity index is 727. The van der Waals surface area contributed by atoms with Gasteiger partial charge in [-0.05, 0) is 35.0 Å². The molecule has 0 bridgehead atoms. The van der Waals surface area contributed by atoms with E-state index in [2.05, 4.69) is 30.9 Å². The van der Waals surface area contributed by atoms with Crippen molar-refractivity contribution in [3.63, 3.8) is 0 Å². The summed E-state index contributed by atoms with van der Waals surface area (Å²) in [5.74, 6) is 0.429. The van der Waals surface area contributed by atoms with Crippen molar-refractivity contribution in [2.75, 3.05) is 0 Å². The van der Waals surface area contributed by atoms with Gasteiger partial charge in [-0.25, -0.2) is 4.98 Å². The van der Waals surface area contributed by atoms with Crippen molar-refractivity contribution in [1.29, 1.82) is 0 Å². The van der Waals surface area contributed by atoms with Gasteiger partial charge in [-0.2, -0.15) is 4.98 Å². The predicted octanol–water partition coefficient (Wildman–Crippen LogP) is 3.53. The van der Waals surface area contributed by atoms with Gasteiger partial charge in [0.15, 0.2) is 5.82 Å². The molecule has 18 heavy (non-hydrogen) atoms. The molecule has 0 amide bonds. The topological polar surface area (TPSA) is 58.9 Å². The number of pyridine rings is 1. The second-order valence-corrected chi connectivity index (χ2v) is 5.75. The average molecular weight is 322 g/mol. The molecule has 6 heteroatoms. The second kappa shape index (κ2) is 4.29. The highest BCUT2D eigenvalue weighted by atomic mass is 79.9. The molecule has 90 valence electrons. The van der Waals surface area contributed by atoms with Gasteiger partial charge in [0.2, 0.25) is 5.88 Å². The van der Waals surface area contributed by atoms with Crippen LogP contribution in [-0.4, -0.2) is 20.1 Å². The lowest BCUT2D eigenvalue weighted by atomic mass is 10.3. The molecular formula is C12H8BrN3OS. The number of fused-ring (bicyclic) bond motifs is 1. The smallest absolute Gasteiger partial charge is 0.233 e. The molecule has 0 aliphatic carbocycles. The van der Waals surface area contributed by atoms with Crippen molar-refractivity contribution in [1.82, 2.24) is 15.0 Å². The predicted molar refractivity (Wildman–Crippen MR) is 74.7 cm³/mol. The summed E-state index contributed by atoms with van der Waals surface area (Å²) >= 11 is 4.95. The molecule has 0 saturated heterocycles. The first kappa shape index (κ1) is 11.6. The second-order valence-electron chi connectivity index (χ2n) is 3.74. The Morgan fingerprint density at radius 2 is 2.11 bits per heavy atom. The van der Waals surface area contributed by atoms with E-state index in [1.54, 1.807) is 6.20 Å². The van der Waals surface area contributed by atoms with Gasteiger partial charge in [0.05, 0.1) is 4.47 Å². The molecule has 0 saturated carbocycles. The van der Waals surface area contributed by atoms with Crippen LogP contribution in [0.3, 0.4) is 0 Å². The molecular weight excluding hydrogens is 314 g/mol. The van der Waals surface area contributed by atoms with Crippen LogP contribution < -0.4 is 0 Å². The van der Waals surface area contributed by atoms with E-state index in [9.17, 15) is 5.11 Å². The summed E-state index contributed by atoms with van der Waals surface area (Å²) < 4.78 is 1.59. The lowest BCUT2D eigenvalue weighted by Crippen LogP contribution is -1.91. The molecule has 1 N–H and O–H groups in total. The van der Waals surface area contributed by atoms with Gasteiger partial charge in [-0.1, -0.05) is 6.07 Å².